The average molecular weight is 278 g/mol. The minimum atomic E-state index is 0.0891. The molecule has 1 rings (SSSR count). The summed E-state index contributed by atoms with van der Waals surface area (Å²) in [5, 5.41) is 0. The molecule has 116 valence electrons. The van der Waals surface area contributed by atoms with Gasteiger partial charge in [0.2, 0.25) is 0 Å². The normalized spacial score (nSPS) is 14.9. The maximum absolute atomic E-state index is 5.00. The molecule has 0 saturated carbocycles. The number of aromatic amines is 1. The lowest BCUT2D eigenvalue weighted by atomic mass is 9.78. The molecular weight excluding hydrogens is 244 g/mol. The van der Waals surface area contributed by atoms with Gasteiger partial charge >= 0.3 is 0 Å². The van der Waals surface area contributed by atoms with E-state index in [0.717, 1.165) is 5.82 Å². The molecule has 0 aliphatic heterocycles. The summed E-state index contributed by atoms with van der Waals surface area (Å²) in [5.74, 6) is 2.24. The minimum Gasteiger partial charge on any atom is -0.345 e. The van der Waals surface area contributed by atoms with Crippen LogP contribution in [-0.2, 0) is 10.8 Å². The quantitative estimate of drug-likeness (QED) is 0.752. The standard InChI is InChI=1S/C18H34N2/c1-10-11-18(8,9)15-14(17(5,6)7)19-16(20-15)13(4)12(2)3/h12-13H,10-11H2,1-9H3,(H,19,20). The first kappa shape index (κ1) is 17.3. The minimum absolute atomic E-state index is 0.0891. The van der Waals surface area contributed by atoms with Gasteiger partial charge in [0.25, 0.3) is 0 Å². The molecule has 0 bridgehead atoms. The second-order valence-electron chi connectivity index (χ2n) is 8.26. The highest BCUT2D eigenvalue weighted by atomic mass is 15.0. The molecule has 0 spiro atoms. The Kier molecular flexibility index (Phi) is 5.10. The van der Waals surface area contributed by atoms with Crippen molar-refractivity contribution in [1.82, 2.24) is 9.97 Å². The summed E-state index contributed by atoms with van der Waals surface area (Å²) >= 11 is 0. The lowest BCUT2D eigenvalue weighted by Gasteiger charge is -2.28. The van der Waals surface area contributed by atoms with Crippen molar-refractivity contribution in [2.75, 3.05) is 0 Å². The molecule has 2 nitrogen and oxygen atoms in total. The zero-order chi connectivity index (χ0) is 15.7. The van der Waals surface area contributed by atoms with Crippen molar-refractivity contribution in [3.05, 3.63) is 17.2 Å². The smallest absolute Gasteiger partial charge is 0.109 e. The van der Waals surface area contributed by atoms with Crippen molar-refractivity contribution in [3.8, 4) is 0 Å². The first-order chi connectivity index (χ1) is 9.00. The van der Waals surface area contributed by atoms with Crippen molar-refractivity contribution < 1.29 is 0 Å². The summed E-state index contributed by atoms with van der Waals surface area (Å²) in [6.45, 7) is 20.5. The summed E-state index contributed by atoms with van der Waals surface area (Å²) < 4.78 is 0. The number of imidazole rings is 1. The lowest BCUT2D eigenvalue weighted by Crippen LogP contribution is -2.24. The molecule has 0 saturated heterocycles. The van der Waals surface area contributed by atoms with Gasteiger partial charge in [-0.1, -0.05) is 68.7 Å². The molecule has 20 heavy (non-hydrogen) atoms. The molecule has 1 atom stereocenters. The molecule has 2 heteroatoms. The Balaban J connectivity index is 3.35. The maximum Gasteiger partial charge on any atom is 0.109 e. The predicted octanol–water partition coefficient (Wildman–Crippen LogP) is 5.54. The van der Waals surface area contributed by atoms with Crippen molar-refractivity contribution in [2.45, 2.75) is 91.9 Å². The predicted molar refractivity (Wildman–Crippen MR) is 88.5 cm³/mol. The van der Waals surface area contributed by atoms with Gasteiger partial charge in [-0.25, -0.2) is 4.98 Å². The van der Waals surface area contributed by atoms with Crippen LogP contribution in [0.25, 0.3) is 0 Å². The molecular formula is C18H34N2. The largest absolute Gasteiger partial charge is 0.345 e. The van der Waals surface area contributed by atoms with Crippen LogP contribution < -0.4 is 0 Å². The Morgan fingerprint density at radius 3 is 2.00 bits per heavy atom. The van der Waals surface area contributed by atoms with Crippen molar-refractivity contribution in [1.29, 1.82) is 0 Å². The molecule has 1 aromatic heterocycles. The van der Waals surface area contributed by atoms with Gasteiger partial charge in [-0.05, 0) is 12.3 Å². The monoisotopic (exact) mass is 278 g/mol. The van der Waals surface area contributed by atoms with Crippen molar-refractivity contribution in [2.24, 2.45) is 5.92 Å². The van der Waals surface area contributed by atoms with E-state index in [4.69, 9.17) is 4.98 Å². The van der Waals surface area contributed by atoms with E-state index in [1.165, 1.54) is 24.2 Å². The second kappa shape index (κ2) is 5.91. The molecule has 1 unspecified atom stereocenters. The SMILES string of the molecule is CCCC(C)(C)c1[nH]c(C(C)C(C)C)nc1C(C)(C)C. The van der Waals surface area contributed by atoms with Gasteiger partial charge < -0.3 is 4.98 Å². The van der Waals surface area contributed by atoms with Crippen LogP contribution in [0.3, 0.4) is 0 Å². The first-order valence-electron chi connectivity index (χ1n) is 8.11. The Labute approximate surface area is 125 Å². The van der Waals surface area contributed by atoms with Crippen LogP contribution in [0.2, 0.25) is 0 Å². The highest BCUT2D eigenvalue weighted by Crippen LogP contribution is 2.37. The van der Waals surface area contributed by atoms with Crippen LogP contribution >= 0.6 is 0 Å². The Hall–Kier alpha value is -0.790. The highest BCUT2D eigenvalue weighted by molar-refractivity contribution is 5.29. The summed E-state index contributed by atoms with van der Waals surface area (Å²) in [6.07, 6.45) is 2.39. The Morgan fingerprint density at radius 2 is 1.60 bits per heavy atom. The number of H-pyrrole nitrogens is 1. The van der Waals surface area contributed by atoms with Crippen molar-refractivity contribution in [3.63, 3.8) is 0 Å². The summed E-state index contributed by atoms with van der Waals surface area (Å²) in [5.41, 5.74) is 2.85. The van der Waals surface area contributed by atoms with E-state index in [9.17, 15) is 0 Å². The van der Waals surface area contributed by atoms with Crippen LogP contribution in [0, 0.1) is 5.92 Å². The Bertz CT molecular complexity index is 433. The van der Waals surface area contributed by atoms with Crippen LogP contribution in [0.15, 0.2) is 0 Å². The fraction of sp³-hybridized carbons (Fsp3) is 0.833. The van der Waals surface area contributed by atoms with E-state index in [1.54, 1.807) is 0 Å². The van der Waals surface area contributed by atoms with Gasteiger partial charge in [-0.15, -0.1) is 0 Å². The molecule has 1 N–H and O–H groups in total. The number of rotatable bonds is 5. The summed E-state index contributed by atoms with van der Waals surface area (Å²) in [6, 6.07) is 0. The number of aromatic nitrogens is 2. The fourth-order valence-electron chi connectivity index (χ4n) is 2.71. The van der Waals surface area contributed by atoms with E-state index in [1.807, 2.05) is 0 Å². The molecule has 0 radical (unpaired) electrons. The number of hydrogen-bond donors (Lipinski definition) is 1. The zero-order valence-corrected chi connectivity index (χ0v) is 15.0. The van der Waals surface area contributed by atoms with E-state index in [0.29, 0.717) is 11.8 Å². The van der Waals surface area contributed by atoms with Gasteiger partial charge in [0.1, 0.15) is 5.82 Å². The molecule has 1 aromatic rings. The number of nitrogens with zero attached hydrogens (tertiary/aromatic N) is 1. The topological polar surface area (TPSA) is 28.7 Å². The third-order valence-corrected chi connectivity index (χ3v) is 4.42. The van der Waals surface area contributed by atoms with E-state index >= 15 is 0 Å². The third kappa shape index (κ3) is 3.65. The molecule has 1 heterocycles. The molecule has 0 aliphatic rings. The average Bonchev–Trinajstić information content (AvgIpc) is 2.72. The van der Waals surface area contributed by atoms with Gasteiger partial charge in [-0.3, -0.25) is 0 Å². The highest BCUT2D eigenvalue weighted by Gasteiger charge is 2.32. The van der Waals surface area contributed by atoms with Gasteiger partial charge in [0.15, 0.2) is 0 Å². The number of nitrogens with one attached hydrogen (secondary N) is 1. The first-order valence-corrected chi connectivity index (χ1v) is 8.11. The van der Waals surface area contributed by atoms with Crippen LogP contribution in [-0.4, -0.2) is 9.97 Å². The molecule has 0 aromatic carbocycles. The van der Waals surface area contributed by atoms with Crippen LogP contribution in [0.1, 0.15) is 98.3 Å². The molecule has 0 aliphatic carbocycles. The summed E-state index contributed by atoms with van der Waals surface area (Å²) in [7, 11) is 0. The van der Waals surface area contributed by atoms with E-state index in [2.05, 4.69) is 67.3 Å². The van der Waals surface area contributed by atoms with Gasteiger partial charge in [-0.2, -0.15) is 0 Å². The van der Waals surface area contributed by atoms with E-state index < -0.39 is 0 Å². The summed E-state index contributed by atoms with van der Waals surface area (Å²) in [4.78, 5) is 8.68. The van der Waals surface area contributed by atoms with Gasteiger partial charge in [0, 0.05) is 22.4 Å². The van der Waals surface area contributed by atoms with Crippen molar-refractivity contribution >= 4 is 0 Å². The zero-order valence-electron chi connectivity index (χ0n) is 15.0. The molecule has 0 amide bonds. The van der Waals surface area contributed by atoms with Crippen LogP contribution in [0.5, 0.6) is 0 Å². The van der Waals surface area contributed by atoms with Gasteiger partial charge in [0.05, 0.1) is 5.69 Å². The third-order valence-electron chi connectivity index (χ3n) is 4.42. The fourth-order valence-corrected chi connectivity index (χ4v) is 2.71. The maximum atomic E-state index is 5.00. The molecule has 0 fully saturated rings. The lowest BCUT2D eigenvalue weighted by molar-refractivity contribution is 0.440. The Morgan fingerprint density at radius 1 is 1.05 bits per heavy atom. The second-order valence-corrected chi connectivity index (χ2v) is 8.26. The van der Waals surface area contributed by atoms with Crippen LogP contribution in [0.4, 0.5) is 0 Å². The van der Waals surface area contributed by atoms with E-state index in [-0.39, 0.29) is 10.8 Å². The number of hydrogen-bond acceptors (Lipinski definition) is 1.